The minimum Gasteiger partial charge on any atom is -0.468 e. The Morgan fingerprint density at radius 2 is 2.36 bits per heavy atom. The summed E-state index contributed by atoms with van der Waals surface area (Å²) in [4.78, 5) is 23.9. The summed E-state index contributed by atoms with van der Waals surface area (Å²) in [5.41, 5.74) is 5.16. The first kappa shape index (κ1) is 10.7. The van der Waals surface area contributed by atoms with E-state index in [2.05, 4.69) is 11.3 Å². The number of esters is 1. The van der Waals surface area contributed by atoms with Gasteiger partial charge >= 0.3 is 5.97 Å². The standard InChI is InChI=1S/C9H14N2O3/c1-3-6(9(13)14-2)11-5-4-7(11)8(10)12/h3,6-7H,1,4-5H2,2H3,(H2,10,12). The average Bonchev–Trinajstić information content (AvgIpc) is 2.09. The van der Waals surface area contributed by atoms with Crippen molar-refractivity contribution in [3.8, 4) is 0 Å². The van der Waals surface area contributed by atoms with Gasteiger partial charge < -0.3 is 10.5 Å². The molecule has 2 N–H and O–H groups in total. The van der Waals surface area contributed by atoms with Crippen molar-refractivity contribution < 1.29 is 14.3 Å². The molecule has 0 bridgehead atoms. The first-order valence-electron chi connectivity index (χ1n) is 4.37. The van der Waals surface area contributed by atoms with Crippen LogP contribution >= 0.6 is 0 Å². The van der Waals surface area contributed by atoms with Crippen LogP contribution in [0.4, 0.5) is 0 Å². The van der Waals surface area contributed by atoms with Crippen molar-refractivity contribution in [1.29, 1.82) is 0 Å². The number of primary amides is 1. The van der Waals surface area contributed by atoms with Crippen molar-refractivity contribution in [3.05, 3.63) is 12.7 Å². The number of nitrogens with zero attached hydrogens (tertiary/aromatic N) is 1. The lowest BCUT2D eigenvalue weighted by molar-refractivity contribution is -0.149. The predicted molar refractivity (Wildman–Crippen MR) is 50.3 cm³/mol. The minimum absolute atomic E-state index is 0.364. The highest BCUT2D eigenvalue weighted by atomic mass is 16.5. The zero-order chi connectivity index (χ0) is 10.7. The highest BCUT2D eigenvalue weighted by Crippen LogP contribution is 2.21. The number of carbonyl (C=O) groups is 2. The summed E-state index contributed by atoms with van der Waals surface area (Å²) in [6.07, 6.45) is 2.15. The summed E-state index contributed by atoms with van der Waals surface area (Å²) in [6, 6.07) is -0.927. The zero-order valence-corrected chi connectivity index (χ0v) is 8.10. The Morgan fingerprint density at radius 3 is 2.64 bits per heavy atom. The van der Waals surface area contributed by atoms with Crippen molar-refractivity contribution in [3.63, 3.8) is 0 Å². The molecule has 2 unspecified atom stereocenters. The van der Waals surface area contributed by atoms with Gasteiger partial charge in [0.25, 0.3) is 0 Å². The second-order valence-corrected chi connectivity index (χ2v) is 3.15. The quantitative estimate of drug-likeness (QED) is 0.477. The van der Waals surface area contributed by atoms with Gasteiger partial charge in [-0.05, 0) is 6.42 Å². The lowest BCUT2D eigenvalue weighted by Gasteiger charge is -2.41. The van der Waals surface area contributed by atoms with Crippen LogP contribution in [0.15, 0.2) is 12.7 Å². The Hall–Kier alpha value is -1.36. The lowest BCUT2D eigenvalue weighted by Crippen LogP contribution is -2.60. The molecule has 1 aliphatic rings. The fourth-order valence-corrected chi connectivity index (χ4v) is 1.53. The van der Waals surface area contributed by atoms with E-state index in [1.165, 1.54) is 13.2 Å². The molecule has 1 fully saturated rings. The summed E-state index contributed by atoms with van der Waals surface area (Å²) in [5, 5.41) is 0. The normalized spacial score (nSPS) is 23.4. The summed E-state index contributed by atoms with van der Waals surface area (Å²) in [7, 11) is 1.30. The van der Waals surface area contributed by atoms with Crippen LogP contribution in [0.2, 0.25) is 0 Å². The molecule has 0 aromatic carbocycles. The maximum Gasteiger partial charge on any atom is 0.327 e. The number of methoxy groups -OCH3 is 1. The molecule has 5 nitrogen and oxygen atoms in total. The molecule has 14 heavy (non-hydrogen) atoms. The maximum absolute atomic E-state index is 11.3. The van der Waals surface area contributed by atoms with Gasteiger partial charge in [0.2, 0.25) is 5.91 Å². The van der Waals surface area contributed by atoms with Gasteiger partial charge in [0, 0.05) is 6.54 Å². The van der Waals surface area contributed by atoms with Gasteiger partial charge in [-0.25, -0.2) is 0 Å². The van der Waals surface area contributed by atoms with Crippen LogP contribution in [0.1, 0.15) is 6.42 Å². The highest BCUT2D eigenvalue weighted by Gasteiger charge is 2.39. The summed E-state index contributed by atoms with van der Waals surface area (Å²) in [6.45, 7) is 4.20. The number of carbonyl (C=O) groups excluding carboxylic acids is 2. The van der Waals surface area contributed by atoms with Crippen molar-refractivity contribution in [2.24, 2.45) is 5.73 Å². The van der Waals surface area contributed by atoms with E-state index in [1.54, 1.807) is 4.90 Å². The predicted octanol–water partition coefficient (Wildman–Crippen LogP) is -0.726. The second kappa shape index (κ2) is 4.23. The van der Waals surface area contributed by atoms with Crippen LogP contribution < -0.4 is 5.73 Å². The lowest BCUT2D eigenvalue weighted by atomic mass is 9.99. The van der Waals surface area contributed by atoms with Gasteiger partial charge in [0.15, 0.2) is 0 Å². The molecule has 0 aromatic rings. The van der Waals surface area contributed by atoms with Crippen molar-refractivity contribution in [1.82, 2.24) is 4.90 Å². The fraction of sp³-hybridized carbons (Fsp3) is 0.556. The molecule has 5 heteroatoms. The zero-order valence-electron chi connectivity index (χ0n) is 8.10. The average molecular weight is 198 g/mol. The number of nitrogens with two attached hydrogens (primary N) is 1. The molecular weight excluding hydrogens is 184 g/mol. The Balaban J connectivity index is 2.66. The monoisotopic (exact) mass is 198 g/mol. The van der Waals surface area contributed by atoms with Gasteiger partial charge in [0.1, 0.15) is 6.04 Å². The number of amides is 1. The Kier molecular flexibility index (Phi) is 3.24. The minimum atomic E-state index is -0.564. The van der Waals surface area contributed by atoms with Crippen molar-refractivity contribution >= 4 is 11.9 Å². The van der Waals surface area contributed by atoms with Crippen molar-refractivity contribution in [2.45, 2.75) is 18.5 Å². The van der Waals surface area contributed by atoms with E-state index >= 15 is 0 Å². The molecule has 0 saturated carbocycles. The first-order chi connectivity index (χ1) is 6.61. The van der Waals surface area contributed by atoms with Gasteiger partial charge in [0.05, 0.1) is 13.2 Å². The summed E-state index contributed by atoms with van der Waals surface area (Å²) >= 11 is 0. The first-order valence-corrected chi connectivity index (χ1v) is 4.37. The molecule has 78 valence electrons. The van der Waals surface area contributed by atoms with E-state index < -0.39 is 17.9 Å². The largest absolute Gasteiger partial charge is 0.468 e. The molecular formula is C9H14N2O3. The molecule has 1 aliphatic heterocycles. The van der Waals surface area contributed by atoms with Crippen LogP contribution in [0.5, 0.6) is 0 Å². The molecule has 0 aromatic heterocycles. The topological polar surface area (TPSA) is 72.6 Å². The third-order valence-corrected chi connectivity index (χ3v) is 2.41. The third-order valence-electron chi connectivity index (χ3n) is 2.41. The summed E-state index contributed by atoms with van der Waals surface area (Å²) < 4.78 is 4.58. The molecule has 2 atom stereocenters. The molecule has 0 aliphatic carbocycles. The molecule has 1 rings (SSSR count). The summed E-state index contributed by atoms with van der Waals surface area (Å²) in [5.74, 6) is -0.821. The fourth-order valence-electron chi connectivity index (χ4n) is 1.53. The third kappa shape index (κ3) is 1.77. The molecule has 0 spiro atoms. The number of hydrogen-bond acceptors (Lipinski definition) is 4. The van der Waals surface area contributed by atoms with Gasteiger partial charge in [-0.2, -0.15) is 0 Å². The Labute approximate surface area is 82.5 Å². The SMILES string of the molecule is C=CC(C(=O)OC)N1CCC1C(N)=O. The highest BCUT2D eigenvalue weighted by molar-refractivity contribution is 5.83. The number of ether oxygens (including phenoxy) is 1. The number of likely N-dealkylation sites (tertiary alicyclic amines) is 1. The second-order valence-electron chi connectivity index (χ2n) is 3.15. The van der Waals surface area contributed by atoms with Crippen LogP contribution in [-0.4, -0.2) is 42.5 Å². The Morgan fingerprint density at radius 1 is 1.71 bits per heavy atom. The maximum atomic E-state index is 11.3. The van der Waals surface area contributed by atoms with Crippen molar-refractivity contribution in [2.75, 3.05) is 13.7 Å². The molecule has 0 radical (unpaired) electrons. The van der Waals surface area contributed by atoms with Crippen LogP contribution in [0.3, 0.4) is 0 Å². The van der Waals surface area contributed by atoms with E-state index in [9.17, 15) is 9.59 Å². The van der Waals surface area contributed by atoms with E-state index in [0.29, 0.717) is 13.0 Å². The van der Waals surface area contributed by atoms with E-state index in [-0.39, 0.29) is 6.04 Å². The Bertz CT molecular complexity index is 265. The molecule has 1 heterocycles. The van der Waals surface area contributed by atoms with E-state index in [0.717, 1.165) is 0 Å². The van der Waals surface area contributed by atoms with Crippen LogP contribution in [-0.2, 0) is 14.3 Å². The number of hydrogen-bond donors (Lipinski definition) is 1. The smallest absolute Gasteiger partial charge is 0.327 e. The number of rotatable bonds is 4. The van der Waals surface area contributed by atoms with Crippen LogP contribution in [0, 0.1) is 0 Å². The van der Waals surface area contributed by atoms with E-state index in [4.69, 9.17) is 5.73 Å². The molecule has 1 saturated heterocycles. The van der Waals surface area contributed by atoms with Gasteiger partial charge in [-0.3, -0.25) is 14.5 Å². The van der Waals surface area contributed by atoms with Gasteiger partial charge in [-0.15, -0.1) is 6.58 Å². The van der Waals surface area contributed by atoms with E-state index in [1.807, 2.05) is 0 Å². The van der Waals surface area contributed by atoms with Gasteiger partial charge in [-0.1, -0.05) is 6.08 Å². The molecule has 1 amide bonds. The van der Waals surface area contributed by atoms with Crippen LogP contribution in [0.25, 0.3) is 0 Å².